The number of rotatable bonds is 1. The molecule has 0 amide bonds. The number of halogens is 1. The highest BCUT2D eigenvalue weighted by Crippen LogP contribution is 2.03. The molecule has 0 fully saturated rings. The Hall–Kier alpha value is -0.260. The van der Waals surface area contributed by atoms with Gasteiger partial charge in [0.1, 0.15) is 0 Å². The third-order valence-corrected chi connectivity index (χ3v) is 2.05. The second kappa shape index (κ2) is 4.54. The summed E-state index contributed by atoms with van der Waals surface area (Å²) in [5.41, 5.74) is 1.13. The fraction of sp³-hybridized carbons (Fsp3) is 0.250. The maximum atomic E-state index is 3.31. The third kappa shape index (κ3) is 2.55. The first kappa shape index (κ1) is 7.84. The van der Waals surface area contributed by atoms with Crippen LogP contribution in [0.25, 0.3) is 0 Å². The van der Waals surface area contributed by atoms with E-state index in [9.17, 15) is 0 Å². The van der Waals surface area contributed by atoms with E-state index in [0.29, 0.717) is 0 Å². The summed E-state index contributed by atoms with van der Waals surface area (Å²) in [4.78, 5) is 0. The largest absolute Gasteiger partial charge is 0.151 e. The standard InChI is InChI=1S/C8H7BrS/c9-5-2-1-3-8-4-6-10-7-8/h4,6-7H,2,5H2. The van der Waals surface area contributed by atoms with E-state index in [-0.39, 0.29) is 0 Å². The van der Waals surface area contributed by atoms with Gasteiger partial charge in [-0.15, -0.1) is 0 Å². The molecule has 52 valence electrons. The first-order valence-corrected chi connectivity index (χ1v) is 5.07. The molecule has 0 bridgehead atoms. The molecule has 1 aromatic rings. The Morgan fingerprint density at radius 2 is 2.50 bits per heavy atom. The van der Waals surface area contributed by atoms with Crippen molar-refractivity contribution in [3.63, 3.8) is 0 Å². The molecule has 0 unspecified atom stereocenters. The lowest BCUT2D eigenvalue weighted by Crippen LogP contribution is -1.67. The van der Waals surface area contributed by atoms with Crippen LogP contribution >= 0.6 is 27.3 Å². The summed E-state index contributed by atoms with van der Waals surface area (Å²) >= 11 is 5.00. The molecule has 1 aromatic heterocycles. The Bertz CT molecular complexity index is 228. The lowest BCUT2D eigenvalue weighted by molar-refractivity contribution is 1.32. The minimum Gasteiger partial charge on any atom is -0.151 e. The molecule has 0 atom stereocenters. The van der Waals surface area contributed by atoms with Crippen molar-refractivity contribution in [3.05, 3.63) is 22.4 Å². The maximum absolute atomic E-state index is 3.31. The summed E-state index contributed by atoms with van der Waals surface area (Å²) in [5, 5.41) is 5.06. The zero-order valence-corrected chi connectivity index (χ0v) is 7.83. The van der Waals surface area contributed by atoms with Crippen molar-refractivity contribution in [1.82, 2.24) is 0 Å². The average molecular weight is 215 g/mol. The van der Waals surface area contributed by atoms with Crippen molar-refractivity contribution in [2.75, 3.05) is 5.33 Å². The number of alkyl halides is 1. The maximum Gasteiger partial charge on any atom is 0.0352 e. The van der Waals surface area contributed by atoms with Crippen molar-refractivity contribution in [2.45, 2.75) is 6.42 Å². The minimum absolute atomic E-state index is 0.926. The van der Waals surface area contributed by atoms with E-state index >= 15 is 0 Å². The predicted octanol–water partition coefficient (Wildman–Crippen LogP) is 2.88. The van der Waals surface area contributed by atoms with Gasteiger partial charge in [0.25, 0.3) is 0 Å². The van der Waals surface area contributed by atoms with Crippen LogP contribution in [0, 0.1) is 11.8 Å². The van der Waals surface area contributed by atoms with Gasteiger partial charge in [-0.05, 0) is 11.4 Å². The van der Waals surface area contributed by atoms with E-state index in [4.69, 9.17) is 0 Å². The minimum atomic E-state index is 0.926. The van der Waals surface area contributed by atoms with Gasteiger partial charge in [0.15, 0.2) is 0 Å². The van der Waals surface area contributed by atoms with Gasteiger partial charge in [0, 0.05) is 22.7 Å². The molecule has 0 N–H and O–H groups in total. The Kier molecular flexibility index (Phi) is 3.56. The predicted molar refractivity (Wildman–Crippen MR) is 49.6 cm³/mol. The Morgan fingerprint density at radius 3 is 3.10 bits per heavy atom. The Morgan fingerprint density at radius 1 is 1.60 bits per heavy atom. The van der Waals surface area contributed by atoms with Crippen molar-refractivity contribution in [1.29, 1.82) is 0 Å². The molecule has 0 saturated carbocycles. The van der Waals surface area contributed by atoms with Crippen molar-refractivity contribution in [3.8, 4) is 11.8 Å². The van der Waals surface area contributed by atoms with Crippen LogP contribution in [-0.2, 0) is 0 Å². The molecule has 0 aliphatic heterocycles. The number of hydrogen-bond donors (Lipinski definition) is 0. The molecule has 0 aliphatic carbocycles. The van der Waals surface area contributed by atoms with Gasteiger partial charge in [-0.1, -0.05) is 27.8 Å². The molecular weight excluding hydrogens is 208 g/mol. The van der Waals surface area contributed by atoms with Crippen LogP contribution in [0.2, 0.25) is 0 Å². The van der Waals surface area contributed by atoms with Gasteiger partial charge < -0.3 is 0 Å². The molecule has 0 nitrogen and oxygen atoms in total. The highest BCUT2D eigenvalue weighted by atomic mass is 79.9. The molecule has 0 spiro atoms. The van der Waals surface area contributed by atoms with E-state index in [0.717, 1.165) is 17.3 Å². The molecule has 0 aliphatic rings. The van der Waals surface area contributed by atoms with Gasteiger partial charge in [0.05, 0.1) is 0 Å². The summed E-state index contributed by atoms with van der Waals surface area (Å²) in [6.07, 6.45) is 0.926. The second-order valence-electron chi connectivity index (χ2n) is 1.75. The Labute approximate surface area is 73.4 Å². The first-order valence-electron chi connectivity index (χ1n) is 3.00. The zero-order chi connectivity index (χ0) is 7.23. The summed E-state index contributed by atoms with van der Waals surface area (Å²) < 4.78 is 0. The molecule has 10 heavy (non-hydrogen) atoms. The first-order chi connectivity index (χ1) is 4.93. The molecule has 2 heteroatoms. The van der Waals surface area contributed by atoms with Gasteiger partial charge >= 0.3 is 0 Å². The fourth-order valence-electron chi connectivity index (χ4n) is 0.547. The van der Waals surface area contributed by atoms with Crippen LogP contribution in [0.4, 0.5) is 0 Å². The van der Waals surface area contributed by atoms with E-state index in [1.165, 1.54) is 0 Å². The molecule has 0 aromatic carbocycles. The monoisotopic (exact) mass is 214 g/mol. The SMILES string of the molecule is BrCCC#Cc1ccsc1. The number of hydrogen-bond acceptors (Lipinski definition) is 1. The van der Waals surface area contributed by atoms with Gasteiger partial charge in [-0.25, -0.2) is 0 Å². The molecular formula is C8H7BrS. The van der Waals surface area contributed by atoms with Gasteiger partial charge in [-0.2, -0.15) is 11.3 Å². The van der Waals surface area contributed by atoms with Crippen molar-refractivity contribution < 1.29 is 0 Å². The van der Waals surface area contributed by atoms with Crippen LogP contribution < -0.4 is 0 Å². The smallest absolute Gasteiger partial charge is 0.0352 e. The van der Waals surface area contributed by atoms with E-state index in [1.807, 2.05) is 11.4 Å². The average Bonchev–Trinajstić information content (AvgIpc) is 2.41. The van der Waals surface area contributed by atoms with E-state index in [1.54, 1.807) is 11.3 Å². The molecule has 1 heterocycles. The molecule has 0 saturated heterocycles. The van der Waals surface area contributed by atoms with Crippen LogP contribution in [0.3, 0.4) is 0 Å². The lowest BCUT2D eigenvalue weighted by atomic mass is 10.3. The highest BCUT2D eigenvalue weighted by Gasteiger charge is 1.81. The van der Waals surface area contributed by atoms with Gasteiger partial charge in [-0.3, -0.25) is 0 Å². The van der Waals surface area contributed by atoms with Crippen molar-refractivity contribution in [2.24, 2.45) is 0 Å². The van der Waals surface area contributed by atoms with E-state index in [2.05, 4.69) is 33.2 Å². The third-order valence-electron chi connectivity index (χ3n) is 0.973. The lowest BCUT2D eigenvalue weighted by Gasteiger charge is -1.76. The Balaban J connectivity index is 2.49. The molecule has 1 rings (SSSR count). The normalized spacial score (nSPS) is 8.50. The number of thiophene rings is 1. The van der Waals surface area contributed by atoms with Gasteiger partial charge in [0.2, 0.25) is 0 Å². The summed E-state index contributed by atoms with van der Waals surface area (Å²) in [7, 11) is 0. The van der Waals surface area contributed by atoms with Crippen molar-refractivity contribution >= 4 is 27.3 Å². The summed E-state index contributed by atoms with van der Waals surface area (Å²) in [6, 6.07) is 2.03. The summed E-state index contributed by atoms with van der Waals surface area (Å²) in [5.74, 6) is 6.10. The van der Waals surface area contributed by atoms with Crippen LogP contribution in [0.5, 0.6) is 0 Å². The summed E-state index contributed by atoms with van der Waals surface area (Å²) in [6.45, 7) is 0. The zero-order valence-electron chi connectivity index (χ0n) is 5.43. The molecule has 0 radical (unpaired) electrons. The topological polar surface area (TPSA) is 0 Å². The highest BCUT2D eigenvalue weighted by molar-refractivity contribution is 9.09. The quantitative estimate of drug-likeness (QED) is 0.499. The van der Waals surface area contributed by atoms with Crippen LogP contribution in [0.15, 0.2) is 16.8 Å². The second-order valence-corrected chi connectivity index (χ2v) is 3.33. The van der Waals surface area contributed by atoms with E-state index < -0.39 is 0 Å². The fourth-order valence-corrected chi connectivity index (χ4v) is 1.33. The van der Waals surface area contributed by atoms with Crippen LogP contribution in [-0.4, -0.2) is 5.33 Å². The van der Waals surface area contributed by atoms with Crippen LogP contribution in [0.1, 0.15) is 12.0 Å².